The third-order valence-corrected chi connectivity index (χ3v) is 4.72. The minimum Gasteiger partial charge on any atom is -0.335 e. The minimum atomic E-state index is -2.21. The summed E-state index contributed by atoms with van der Waals surface area (Å²) < 4.78 is 67.9. The molecule has 0 radical (unpaired) electrons. The average molecular weight is 407 g/mol. The number of hydrogen-bond donors (Lipinski definition) is 1. The zero-order valence-electron chi connectivity index (χ0n) is 12.6. The molecule has 0 saturated heterocycles. The molecule has 136 valence electrons. The zero-order chi connectivity index (χ0) is 19.0. The van der Waals surface area contributed by atoms with Crippen LogP contribution in [0.15, 0.2) is 29.4 Å². The van der Waals surface area contributed by atoms with E-state index in [1.807, 2.05) is 0 Å². The number of benzene rings is 2. The summed E-state index contributed by atoms with van der Waals surface area (Å²) in [7, 11) is 0. The number of nitrogens with two attached hydrogens (primary N) is 1. The van der Waals surface area contributed by atoms with Crippen LogP contribution < -0.4 is 5.84 Å². The van der Waals surface area contributed by atoms with Crippen LogP contribution in [0.1, 0.15) is 5.56 Å². The maximum atomic E-state index is 13.7. The van der Waals surface area contributed by atoms with Gasteiger partial charge in [-0.3, -0.25) is 0 Å². The summed E-state index contributed by atoms with van der Waals surface area (Å²) in [6, 6.07) is 6.63. The molecular weight excluding hydrogens is 399 g/mol. The highest BCUT2D eigenvalue weighted by Gasteiger charge is 2.26. The highest BCUT2D eigenvalue weighted by Crippen LogP contribution is 2.31. The van der Waals surface area contributed by atoms with Crippen molar-refractivity contribution >= 4 is 23.4 Å². The van der Waals surface area contributed by atoms with Gasteiger partial charge in [-0.15, -0.1) is 10.2 Å². The number of hydrogen-bond acceptors (Lipinski definition) is 4. The van der Waals surface area contributed by atoms with Crippen molar-refractivity contribution in [1.82, 2.24) is 14.9 Å². The Morgan fingerprint density at radius 3 is 2.12 bits per heavy atom. The van der Waals surface area contributed by atoms with Crippen LogP contribution in [0.2, 0.25) is 5.02 Å². The Bertz CT molecular complexity index is 965. The van der Waals surface area contributed by atoms with Gasteiger partial charge in [0.25, 0.3) is 0 Å². The van der Waals surface area contributed by atoms with E-state index in [2.05, 4.69) is 10.2 Å². The van der Waals surface area contributed by atoms with Crippen LogP contribution in [0.3, 0.4) is 0 Å². The van der Waals surface area contributed by atoms with Crippen molar-refractivity contribution in [3.8, 4) is 11.4 Å². The van der Waals surface area contributed by atoms with Gasteiger partial charge in [-0.2, -0.15) is 0 Å². The molecule has 26 heavy (non-hydrogen) atoms. The molecule has 3 rings (SSSR count). The van der Waals surface area contributed by atoms with Gasteiger partial charge in [-0.05, 0) is 12.1 Å². The monoisotopic (exact) mass is 406 g/mol. The fourth-order valence-corrected chi connectivity index (χ4v) is 3.19. The summed E-state index contributed by atoms with van der Waals surface area (Å²) in [6.07, 6.45) is 0. The summed E-state index contributed by atoms with van der Waals surface area (Å²) in [5.41, 5.74) is -0.513. The largest absolute Gasteiger partial charge is 0.335 e. The molecule has 3 aromatic rings. The topological polar surface area (TPSA) is 56.7 Å². The molecule has 0 unspecified atom stereocenters. The third-order valence-electron chi connectivity index (χ3n) is 3.43. The number of halogens is 6. The Morgan fingerprint density at radius 1 is 0.923 bits per heavy atom. The van der Waals surface area contributed by atoms with Gasteiger partial charge in [0.1, 0.15) is 0 Å². The Balaban J connectivity index is 1.90. The first kappa shape index (κ1) is 18.5. The van der Waals surface area contributed by atoms with Crippen LogP contribution in [0.4, 0.5) is 22.0 Å². The maximum absolute atomic E-state index is 13.7. The van der Waals surface area contributed by atoms with Crippen molar-refractivity contribution in [3.05, 3.63) is 63.9 Å². The van der Waals surface area contributed by atoms with E-state index >= 15 is 0 Å². The van der Waals surface area contributed by atoms with Gasteiger partial charge in [-0.1, -0.05) is 35.5 Å². The molecule has 0 bridgehead atoms. The first-order chi connectivity index (χ1) is 12.3. The number of rotatable bonds is 4. The lowest BCUT2D eigenvalue weighted by molar-refractivity contribution is 0.372. The average Bonchev–Trinajstić information content (AvgIpc) is 2.99. The summed E-state index contributed by atoms with van der Waals surface area (Å²) >= 11 is 6.70. The van der Waals surface area contributed by atoms with Crippen LogP contribution >= 0.6 is 23.4 Å². The molecule has 1 heterocycles. The molecule has 0 aliphatic carbocycles. The fraction of sp³-hybridized carbons (Fsp3) is 0.0667. The lowest BCUT2D eigenvalue weighted by Crippen LogP contribution is -2.12. The molecule has 0 aliphatic rings. The lowest BCUT2D eigenvalue weighted by atomic mass is 10.2. The molecule has 1 aromatic heterocycles. The minimum absolute atomic E-state index is 0.00358. The fourth-order valence-electron chi connectivity index (χ4n) is 2.12. The molecule has 0 atom stereocenters. The Kier molecular flexibility index (Phi) is 5.05. The van der Waals surface area contributed by atoms with Crippen molar-refractivity contribution < 1.29 is 22.0 Å². The third kappa shape index (κ3) is 3.10. The number of aromatic nitrogens is 3. The number of thioether (sulfide) groups is 1. The zero-order valence-corrected chi connectivity index (χ0v) is 14.2. The molecule has 2 N–H and O–H groups in total. The highest BCUT2D eigenvalue weighted by atomic mass is 35.5. The van der Waals surface area contributed by atoms with Gasteiger partial charge in [0.2, 0.25) is 11.0 Å². The van der Waals surface area contributed by atoms with Crippen molar-refractivity contribution in [2.24, 2.45) is 0 Å². The molecule has 0 amide bonds. The predicted octanol–water partition coefficient (Wildman–Crippen LogP) is 4.30. The molecule has 0 aliphatic heterocycles. The van der Waals surface area contributed by atoms with Crippen LogP contribution in [-0.4, -0.2) is 14.9 Å². The van der Waals surface area contributed by atoms with Crippen molar-refractivity contribution in [2.45, 2.75) is 10.9 Å². The van der Waals surface area contributed by atoms with Crippen LogP contribution in [0.5, 0.6) is 0 Å². The Labute approximate surface area is 152 Å². The van der Waals surface area contributed by atoms with Crippen LogP contribution in [-0.2, 0) is 5.75 Å². The predicted molar refractivity (Wildman–Crippen MR) is 86.4 cm³/mol. The van der Waals surface area contributed by atoms with E-state index in [0.29, 0.717) is 22.3 Å². The van der Waals surface area contributed by atoms with Crippen molar-refractivity contribution in [1.29, 1.82) is 0 Å². The summed E-state index contributed by atoms with van der Waals surface area (Å²) in [6.45, 7) is 0. The first-order valence-corrected chi connectivity index (χ1v) is 8.27. The first-order valence-electron chi connectivity index (χ1n) is 6.91. The van der Waals surface area contributed by atoms with E-state index in [0.717, 1.165) is 4.68 Å². The lowest BCUT2D eigenvalue weighted by Gasteiger charge is -2.08. The second-order valence-corrected chi connectivity index (χ2v) is 6.34. The standard InChI is InChI=1S/C15H8ClF5N4S/c16-8-4-2-1-3-6(8)14-23-24-15(25(14)22)26-5-7-9(17)11(19)13(21)12(20)10(7)18/h1-4H,5,22H2. The Hall–Kier alpha value is -2.33. The molecule has 0 fully saturated rings. The number of nitrogens with zero attached hydrogens (tertiary/aromatic N) is 3. The summed E-state index contributed by atoms with van der Waals surface area (Å²) in [5.74, 6) is -4.60. The SMILES string of the molecule is Nn1c(SCc2c(F)c(F)c(F)c(F)c2F)nnc1-c1ccccc1Cl. The van der Waals surface area contributed by atoms with Crippen LogP contribution in [0.25, 0.3) is 11.4 Å². The van der Waals surface area contributed by atoms with E-state index in [-0.39, 0.29) is 11.0 Å². The summed E-state index contributed by atoms with van der Waals surface area (Å²) in [5, 5.41) is 7.95. The van der Waals surface area contributed by atoms with E-state index in [9.17, 15) is 22.0 Å². The summed E-state index contributed by atoms with van der Waals surface area (Å²) in [4.78, 5) is 0. The van der Waals surface area contributed by atoms with Gasteiger partial charge in [0, 0.05) is 16.9 Å². The molecule has 0 spiro atoms. The molecule has 0 saturated carbocycles. The maximum Gasteiger partial charge on any atom is 0.210 e. The highest BCUT2D eigenvalue weighted by molar-refractivity contribution is 7.98. The normalized spacial score (nSPS) is 11.2. The van der Waals surface area contributed by atoms with Gasteiger partial charge in [0.15, 0.2) is 29.1 Å². The van der Waals surface area contributed by atoms with E-state index in [1.54, 1.807) is 24.3 Å². The molecule has 4 nitrogen and oxygen atoms in total. The van der Waals surface area contributed by atoms with Crippen molar-refractivity contribution in [2.75, 3.05) is 5.84 Å². The van der Waals surface area contributed by atoms with E-state index in [1.165, 1.54) is 0 Å². The number of nitrogen functional groups attached to an aromatic ring is 1. The Morgan fingerprint density at radius 2 is 1.50 bits per heavy atom. The second kappa shape index (κ2) is 7.12. The second-order valence-electron chi connectivity index (χ2n) is 4.99. The van der Waals surface area contributed by atoms with E-state index in [4.69, 9.17) is 17.4 Å². The van der Waals surface area contributed by atoms with E-state index < -0.39 is 40.4 Å². The molecule has 2 aromatic carbocycles. The van der Waals surface area contributed by atoms with Gasteiger partial charge >= 0.3 is 0 Å². The van der Waals surface area contributed by atoms with Crippen LogP contribution in [0, 0.1) is 29.1 Å². The smallest absolute Gasteiger partial charge is 0.210 e. The molecule has 11 heteroatoms. The quantitative estimate of drug-likeness (QED) is 0.231. The van der Waals surface area contributed by atoms with Crippen molar-refractivity contribution in [3.63, 3.8) is 0 Å². The van der Waals surface area contributed by atoms with Gasteiger partial charge < -0.3 is 5.84 Å². The van der Waals surface area contributed by atoms with Gasteiger partial charge in [-0.25, -0.2) is 26.6 Å². The van der Waals surface area contributed by atoms with Gasteiger partial charge in [0.05, 0.1) is 5.02 Å². The molecular formula is C15H8ClF5N4S.